The van der Waals surface area contributed by atoms with Crippen LogP contribution in [0.3, 0.4) is 0 Å². The largest absolute Gasteiger partial charge is 0.311 e. The van der Waals surface area contributed by atoms with Crippen LogP contribution in [0.25, 0.3) is 0 Å². The van der Waals surface area contributed by atoms with Crippen LogP contribution in [0.4, 0.5) is 0 Å². The second kappa shape index (κ2) is 2.22. The summed E-state index contributed by atoms with van der Waals surface area (Å²) in [5.41, 5.74) is 0. The van der Waals surface area contributed by atoms with Crippen LogP contribution in [0, 0.1) is 11.8 Å². The predicted octanol–water partition coefficient (Wildman–Crippen LogP) is 1.93. The summed E-state index contributed by atoms with van der Waals surface area (Å²) < 4.78 is 0. The van der Waals surface area contributed by atoms with Crippen molar-refractivity contribution in [1.82, 2.24) is 5.32 Å². The van der Waals surface area contributed by atoms with Crippen LogP contribution < -0.4 is 5.32 Å². The fraction of sp³-hybridized carbons (Fsp3) is 1.00. The van der Waals surface area contributed by atoms with E-state index < -0.39 is 0 Å². The lowest BCUT2D eigenvalue weighted by atomic mass is 9.95. The average Bonchev–Trinajstić information content (AvgIpc) is 2.61. The van der Waals surface area contributed by atoms with Crippen LogP contribution in [0.5, 0.6) is 0 Å². The van der Waals surface area contributed by atoms with Crippen molar-refractivity contribution < 1.29 is 0 Å². The van der Waals surface area contributed by atoms with E-state index in [1.165, 1.54) is 32.1 Å². The molecule has 0 radical (unpaired) electrons. The fourth-order valence-electron chi connectivity index (χ4n) is 3.00. The van der Waals surface area contributed by atoms with Gasteiger partial charge in [-0.25, -0.2) is 0 Å². The zero-order chi connectivity index (χ0) is 7.26. The summed E-state index contributed by atoms with van der Waals surface area (Å²) in [6.07, 6.45) is 9.01. The monoisotopic (exact) mass is 151 g/mol. The molecule has 3 fully saturated rings. The number of fused-ring (bicyclic) bond motifs is 2. The van der Waals surface area contributed by atoms with E-state index in [1.54, 1.807) is 6.42 Å². The molecule has 0 heterocycles. The zero-order valence-electron chi connectivity index (χ0n) is 7.05. The van der Waals surface area contributed by atoms with Crippen LogP contribution in [0.15, 0.2) is 0 Å². The molecule has 1 nitrogen and oxygen atoms in total. The van der Waals surface area contributed by atoms with Crippen LogP contribution in [-0.2, 0) is 0 Å². The Hall–Kier alpha value is -0.0400. The lowest BCUT2D eigenvalue weighted by Crippen LogP contribution is -2.35. The first-order valence-electron chi connectivity index (χ1n) is 5.18. The molecule has 1 N–H and O–H groups in total. The van der Waals surface area contributed by atoms with Gasteiger partial charge in [-0.15, -0.1) is 0 Å². The third-order valence-electron chi connectivity index (χ3n) is 3.77. The Morgan fingerprint density at radius 1 is 0.909 bits per heavy atom. The minimum atomic E-state index is 0.930. The van der Waals surface area contributed by atoms with Gasteiger partial charge in [0.2, 0.25) is 0 Å². The van der Waals surface area contributed by atoms with Gasteiger partial charge in [0.05, 0.1) is 0 Å². The standard InChI is InChI=1S/C10H17N/c1-2-8-5-7(1)6-10(8)11-9-3-4-9/h7-11H,1-6H2/t7-,8-,10-/m1/s1. The van der Waals surface area contributed by atoms with E-state index >= 15 is 0 Å². The van der Waals surface area contributed by atoms with Crippen molar-refractivity contribution >= 4 is 0 Å². The first kappa shape index (κ1) is 6.47. The quantitative estimate of drug-likeness (QED) is 0.636. The van der Waals surface area contributed by atoms with E-state index in [4.69, 9.17) is 0 Å². The van der Waals surface area contributed by atoms with E-state index in [0.717, 1.165) is 23.9 Å². The molecular weight excluding hydrogens is 134 g/mol. The number of hydrogen-bond acceptors (Lipinski definition) is 1. The van der Waals surface area contributed by atoms with Crippen LogP contribution in [0.2, 0.25) is 0 Å². The second-order valence-electron chi connectivity index (χ2n) is 4.72. The fourth-order valence-corrected chi connectivity index (χ4v) is 3.00. The van der Waals surface area contributed by atoms with Crippen molar-refractivity contribution in [1.29, 1.82) is 0 Å². The first-order chi connectivity index (χ1) is 5.42. The molecule has 0 amide bonds. The highest BCUT2D eigenvalue weighted by molar-refractivity contribution is 4.97. The van der Waals surface area contributed by atoms with Gasteiger partial charge in [-0.3, -0.25) is 0 Å². The van der Waals surface area contributed by atoms with Crippen molar-refractivity contribution in [3.05, 3.63) is 0 Å². The van der Waals surface area contributed by atoms with Crippen molar-refractivity contribution in [2.75, 3.05) is 0 Å². The van der Waals surface area contributed by atoms with Crippen LogP contribution in [0.1, 0.15) is 38.5 Å². The summed E-state index contributed by atoms with van der Waals surface area (Å²) in [5.74, 6) is 2.18. The molecule has 0 spiro atoms. The minimum absolute atomic E-state index is 0.930. The average molecular weight is 151 g/mol. The van der Waals surface area contributed by atoms with Crippen LogP contribution in [-0.4, -0.2) is 12.1 Å². The molecule has 62 valence electrons. The highest BCUT2D eigenvalue weighted by Crippen LogP contribution is 2.45. The van der Waals surface area contributed by atoms with E-state index in [1.807, 2.05) is 0 Å². The van der Waals surface area contributed by atoms with Crippen molar-refractivity contribution in [3.63, 3.8) is 0 Å². The van der Waals surface area contributed by atoms with Crippen molar-refractivity contribution in [3.8, 4) is 0 Å². The Morgan fingerprint density at radius 2 is 1.82 bits per heavy atom. The van der Waals surface area contributed by atoms with Crippen molar-refractivity contribution in [2.24, 2.45) is 11.8 Å². The summed E-state index contributed by atoms with van der Waals surface area (Å²) in [6.45, 7) is 0. The zero-order valence-corrected chi connectivity index (χ0v) is 7.05. The molecule has 1 heteroatoms. The Bertz CT molecular complexity index is 162. The number of rotatable bonds is 2. The maximum atomic E-state index is 3.78. The van der Waals surface area contributed by atoms with Gasteiger partial charge in [0.15, 0.2) is 0 Å². The Morgan fingerprint density at radius 3 is 2.36 bits per heavy atom. The van der Waals surface area contributed by atoms with Gasteiger partial charge >= 0.3 is 0 Å². The molecule has 3 atom stereocenters. The molecule has 0 aromatic carbocycles. The van der Waals surface area contributed by atoms with Gasteiger partial charge in [-0.2, -0.15) is 0 Å². The maximum absolute atomic E-state index is 3.78. The molecule has 11 heavy (non-hydrogen) atoms. The van der Waals surface area contributed by atoms with E-state index in [-0.39, 0.29) is 0 Å². The molecule has 0 unspecified atom stereocenters. The van der Waals surface area contributed by atoms with E-state index in [9.17, 15) is 0 Å². The Balaban J connectivity index is 1.62. The summed E-state index contributed by atoms with van der Waals surface area (Å²) >= 11 is 0. The van der Waals surface area contributed by atoms with E-state index in [2.05, 4.69) is 5.32 Å². The predicted molar refractivity (Wildman–Crippen MR) is 45.4 cm³/mol. The molecule has 0 aliphatic heterocycles. The normalized spacial score (nSPS) is 48.5. The molecule has 3 rings (SSSR count). The van der Waals surface area contributed by atoms with Gasteiger partial charge in [0, 0.05) is 12.1 Å². The molecule has 2 bridgehead atoms. The number of hydrogen-bond donors (Lipinski definition) is 1. The summed E-state index contributed by atoms with van der Waals surface area (Å²) in [7, 11) is 0. The summed E-state index contributed by atoms with van der Waals surface area (Å²) in [5, 5.41) is 3.78. The summed E-state index contributed by atoms with van der Waals surface area (Å²) in [4.78, 5) is 0. The molecular formula is C10H17N. The summed E-state index contributed by atoms with van der Waals surface area (Å²) in [6, 6.07) is 1.86. The van der Waals surface area contributed by atoms with Gasteiger partial charge in [-0.05, 0) is 43.9 Å². The van der Waals surface area contributed by atoms with Gasteiger partial charge in [-0.1, -0.05) is 6.42 Å². The van der Waals surface area contributed by atoms with Crippen molar-refractivity contribution in [2.45, 2.75) is 50.6 Å². The molecule has 3 aliphatic carbocycles. The molecule has 3 saturated carbocycles. The number of nitrogens with one attached hydrogen (secondary N) is 1. The maximum Gasteiger partial charge on any atom is 0.0101 e. The Labute approximate surface area is 68.6 Å². The third kappa shape index (κ3) is 1.10. The van der Waals surface area contributed by atoms with Gasteiger partial charge in [0.1, 0.15) is 0 Å². The highest BCUT2D eigenvalue weighted by atomic mass is 15.0. The molecule has 0 aromatic rings. The molecule has 0 saturated heterocycles. The SMILES string of the molecule is C1CC1N[C@@H]1C[C@@H]2CC[C@@H]1C2. The first-order valence-corrected chi connectivity index (χ1v) is 5.18. The Kier molecular flexibility index (Phi) is 1.31. The van der Waals surface area contributed by atoms with Crippen LogP contribution >= 0.6 is 0 Å². The molecule has 3 aliphatic rings. The second-order valence-corrected chi connectivity index (χ2v) is 4.72. The smallest absolute Gasteiger partial charge is 0.0101 e. The lowest BCUT2D eigenvalue weighted by Gasteiger charge is -2.22. The van der Waals surface area contributed by atoms with Gasteiger partial charge < -0.3 is 5.32 Å². The topological polar surface area (TPSA) is 12.0 Å². The lowest BCUT2D eigenvalue weighted by molar-refractivity contribution is 0.350. The molecule has 0 aromatic heterocycles. The minimum Gasteiger partial charge on any atom is -0.311 e. The third-order valence-corrected chi connectivity index (χ3v) is 3.77. The van der Waals surface area contributed by atoms with E-state index in [0.29, 0.717) is 0 Å². The van der Waals surface area contributed by atoms with Gasteiger partial charge in [0.25, 0.3) is 0 Å². The highest BCUT2D eigenvalue weighted by Gasteiger charge is 2.41.